The highest BCUT2D eigenvalue weighted by Gasteiger charge is 2.13. The Labute approximate surface area is 126 Å². The Morgan fingerprint density at radius 1 is 0.909 bits per heavy atom. The molecule has 0 N–H and O–H groups in total. The summed E-state index contributed by atoms with van der Waals surface area (Å²) in [6.07, 6.45) is 1.75. The van der Waals surface area contributed by atoms with Crippen molar-refractivity contribution < 1.29 is 4.42 Å². The lowest BCUT2D eigenvalue weighted by Crippen LogP contribution is -2.02. The number of hydrogen-bond acceptors (Lipinski definition) is 3. The molecule has 0 saturated carbocycles. The Morgan fingerprint density at radius 3 is 2.59 bits per heavy atom. The lowest BCUT2D eigenvalue weighted by molar-refractivity contribution is 0.661. The van der Waals surface area contributed by atoms with Gasteiger partial charge in [-0.2, -0.15) is 0 Å². The standard InChI is InChI=1S/C19H13NO2/c1-12-6-5-11-20-17(12)14-8-4-9-15-18(21)13-7-2-3-10-16(13)22-19(14)15/h2-11H,1H3. The van der Waals surface area contributed by atoms with Crippen LogP contribution < -0.4 is 5.43 Å². The summed E-state index contributed by atoms with van der Waals surface area (Å²) >= 11 is 0. The fraction of sp³-hybridized carbons (Fsp3) is 0.0526. The summed E-state index contributed by atoms with van der Waals surface area (Å²) in [5.74, 6) is 0. The van der Waals surface area contributed by atoms with E-state index in [0.29, 0.717) is 21.9 Å². The van der Waals surface area contributed by atoms with Gasteiger partial charge in [0.1, 0.15) is 11.2 Å². The zero-order valence-electron chi connectivity index (χ0n) is 12.0. The summed E-state index contributed by atoms with van der Waals surface area (Å²) in [5.41, 5.74) is 3.91. The van der Waals surface area contributed by atoms with Gasteiger partial charge < -0.3 is 4.42 Å². The third-order valence-electron chi connectivity index (χ3n) is 3.87. The van der Waals surface area contributed by atoms with Gasteiger partial charge in [0.15, 0.2) is 0 Å². The van der Waals surface area contributed by atoms with Gasteiger partial charge in [-0.25, -0.2) is 0 Å². The summed E-state index contributed by atoms with van der Waals surface area (Å²) in [5, 5.41) is 1.19. The third kappa shape index (κ3) is 1.83. The van der Waals surface area contributed by atoms with Crippen molar-refractivity contribution in [2.45, 2.75) is 6.92 Å². The summed E-state index contributed by atoms with van der Waals surface area (Å²) in [6, 6.07) is 16.8. The molecular formula is C19H13NO2. The van der Waals surface area contributed by atoms with Gasteiger partial charge in [0.05, 0.1) is 16.5 Å². The Kier molecular flexibility index (Phi) is 2.79. The molecule has 2 aromatic carbocycles. The molecule has 0 spiro atoms. The summed E-state index contributed by atoms with van der Waals surface area (Å²) in [6.45, 7) is 2.00. The van der Waals surface area contributed by atoms with Crippen LogP contribution in [0.4, 0.5) is 0 Å². The Morgan fingerprint density at radius 2 is 1.73 bits per heavy atom. The predicted molar refractivity (Wildman–Crippen MR) is 88.0 cm³/mol. The van der Waals surface area contributed by atoms with Crippen LogP contribution in [0, 0.1) is 6.92 Å². The summed E-state index contributed by atoms with van der Waals surface area (Å²) in [4.78, 5) is 17.1. The molecule has 22 heavy (non-hydrogen) atoms. The molecule has 0 aliphatic carbocycles. The van der Waals surface area contributed by atoms with E-state index in [1.807, 2.05) is 49.4 Å². The highest BCUT2D eigenvalue weighted by molar-refractivity contribution is 5.97. The van der Waals surface area contributed by atoms with Crippen molar-refractivity contribution in [3.05, 3.63) is 76.6 Å². The van der Waals surface area contributed by atoms with Gasteiger partial charge in [0.25, 0.3) is 0 Å². The van der Waals surface area contributed by atoms with E-state index in [1.54, 1.807) is 18.3 Å². The average molecular weight is 287 g/mol. The molecule has 0 saturated heterocycles. The highest BCUT2D eigenvalue weighted by atomic mass is 16.3. The van der Waals surface area contributed by atoms with Crippen molar-refractivity contribution in [1.29, 1.82) is 0 Å². The minimum atomic E-state index is -0.00714. The molecule has 106 valence electrons. The quantitative estimate of drug-likeness (QED) is 0.490. The second kappa shape index (κ2) is 4.81. The zero-order chi connectivity index (χ0) is 15.1. The number of nitrogens with zero attached hydrogens (tertiary/aromatic N) is 1. The first kappa shape index (κ1) is 12.8. The number of pyridine rings is 1. The monoisotopic (exact) mass is 287 g/mol. The summed E-state index contributed by atoms with van der Waals surface area (Å²) < 4.78 is 6.03. The average Bonchev–Trinajstić information content (AvgIpc) is 2.55. The fourth-order valence-corrected chi connectivity index (χ4v) is 2.78. The molecule has 2 aromatic heterocycles. The number of rotatable bonds is 1. The normalized spacial score (nSPS) is 11.1. The zero-order valence-corrected chi connectivity index (χ0v) is 12.0. The van der Waals surface area contributed by atoms with Crippen molar-refractivity contribution in [2.24, 2.45) is 0 Å². The second-order valence-corrected chi connectivity index (χ2v) is 5.28. The fourth-order valence-electron chi connectivity index (χ4n) is 2.78. The molecular weight excluding hydrogens is 274 g/mol. The molecule has 4 rings (SSSR count). The van der Waals surface area contributed by atoms with Gasteiger partial charge in [0, 0.05) is 11.8 Å². The predicted octanol–water partition coefficient (Wildman–Crippen LogP) is 4.32. The van der Waals surface area contributed by atoms with Crippen LogP contribution in [-0.4, -0.2) is 4.98 Å². The van der Waals surface area contributed by atoms with E-state index in [0.717, 1.165) is 16.8 Å². The minimum Gasteiger partial charge on any atom is -0.455 e. The van der Waals surface area contributed by atoms with E-state index in [4.69, 9.17) is 4.42 Å². The molecule has 0 unspecified atom stereocenters. The van der Waals surface area contributed by atoms with Crippen molar-refractivity contribution in [3.8, 4) is 11.3 Å². The molecule has 0 aliphatic heterocycles. The van der Waals surface area contributed by atoms with E-state index in [2.05, 4.69) is 4.98 Å². The van der Waals surface area contributed by atoms with E-state index >= 15 is 0 Å². The number of fused-ring (bicyclic) bond motifs is 2. The Bertz CT molecular complexity index is 1060. The molecule has 3 nitrogen and oxygen atoms in total. The Hall–Kier alpha value is -2.94. The lowest BCUT2D eigenvalue weighted by Gasteiger charge is -2.08. The van der Waals surface area contributed by atoms with E-state index in [1.165, 1.54) is 0 Å². The van der Waals surface area contributed by atoms with E-state index < -0.39 is 0 Å². The number of aromatic nitrogens is 1. The Balaban J connectivity index is 2.18. The largest absolute Gasteiger partial charge is 0.455 e. The number of aryl methyl sites for hydroxylation is 1. The number of para-hydroxylation sites is 2. The molecule has 0 radical (unpaired) electrons. The third-order valence-corrected chi connectivity index (χ3v) is 3.87. The molecule has 0 fully saturated rings. The molecule has 0 aliphatic rings. The molecule has 4 aromatic rings. The first-order valence-corrected chi connectivity index (χ1v) is 7.12. The van der Waals surface area contributed by atoms with Gasteiger partial charge in [-0.3, -0.25) is 9.78 Å². The minimum absolute atomic E-state index is 0.00714. The molecule has 2 heterocycles. The molecule has 0 amide bonds. The van der Waals surface area contributed by atoms with Crippen LogP contribution in [0.3, 0.4) is 0 Å². The van der Waals surface area contributed by atoms with E-state index in [9.17, 15) is 4.79 Å². The van der Waals surface area contributed by atoms with Crippen LogP contribution in [0.15, 0.2) is 70.0 Å². The lowest BCUT2D eigenvalue weighted by atomic mass is 10.0. The van der Waals surface area contributed by atoms with Crippen molar-refractivity contribution in [1.82, 2.24) is 4.98 Å². The van der Waals surface area contributed by atoms with Gasteiger partial charge in [-0.15, -0.1) is 0 Å². The first-order chi connectivity index (χ1) is 10.8. The second-order valence-electron chi connectivity index (χ2n) is 5.28. The van der Waals surface area contributed by atoms with Crippen LogP contribution in [-0.2, 0) is 0 Å². The maximum Gasteiger partial charge on any atom is 0.200 e. The molecule has 3 heteroatoms. The first-order valence-electron chi connectivity index (χ1n) is 7.12. The smallest absolute Gasteiger partial charge is 0.200 e. The van der Waals surface area contributed by atoms with Gasteiger partial charge in [0.2, 0.25) is 5.43 Å². The van der Waals surface area contributed by atoms with Crippen molar-refractivity contribution >= 4 is 21.9 Å². The van der Waals surface area contributed by atoms with Crippen LogP contribution in [0.2, 0.25) is 0 Å². The van der Waals surface area contributed by atoms with Crippen LogP contribution in [0.1, 0.15) is 5.56 Å². The SMILES string of the molecule is Cc1cccnc1-c1cccc2c(=O)c3ccccc3oc12. The number of hydrogen-bond donors (Lipinski definition) is 0. The maximum absolute atomic E-state index is 12.7. The van der Waals surface area contributed by atoms with Gasteiger partial charge >= 0.3 is 0 Å². The molecule has 0 bridgehead atoms. The molecule has 0 atom stereocenters. The maximum atomic E-state index is 12.7. The van der Waals surface area contributed by atoms with Crippen LogP contribution >= 0.6 is 0 Å². The van der Waals surface area contributed by atoms with Crippen molar-refractivity contribution in [2.75, 3.05) is 0 Å². The number of benzene rings is 2. The van der Waals surface area contributed by atoms with Gasteiger partial charge in [-0.05, 0) is 42.8 Å². The highest BCUT2D eigenvalue weighted by Crippen LogP contribution is 2.29. The summed E-state index contributed by atoms with van der Waals surface area (Å²) in [7, 11) is 0. The van der Waals surface area contributed by atoms with E-state index in [-0.39, 0.29) is 5.43 Å². The van der Waals surface area contributed by atoms with Crippen LogP contribution in [0.25, 0.3) is 33.2 Å². The topological polar surface area (TPSA) is 43.1 Å². The van der Waals surface area contributed by atoms with Crippen LogP contribution in [0.5, 0.6) is 0 Å². The van der Waals surface area contributed by atoms with Crippen molar-refractivity contribution in [3.63, 3.8) is 0 Å². The van der Waals surface area contributed by atoms with Gasteiger partial charge in [-0.1, -0.05) is 24.3 Å².